The standard InChI is InChI=1S/C26H22N4O2S/c1-17-9-11-19(12-10-17)15-30-25(32)21-7-3-4-8-22(21)28-26(30)33-16-20-14-23(31)29-13-5-6-18(2)24(29)27-20/h3-14H,15-16H2,1-2H3. The molecule has 0 spiro atoms. The van der Waals surface area contributed by atoms with Gasteiger partial charge in [0.2, 0.25) is 0 Å². The van der Waals surface area contributed by atoms with E-state index in [4.69, 9.17) is 4.98 Å². The smallest absolute Gasteiger partial charge is 0.262 e. The fraction of sp³-hybridized carbons (Fsp3) is 0.154. The van der Waals surface area contributed by atoms with Gasteiger partial charge in [-0.05, 0) is 43.2 Å². The molecule has 7 heteroatoms. The highest BCUT2D eigenvalue weighted by Gasteiger charge is 2.13. The van der Waals surface area contributed by atoms with Crippen molar-refractivity contribution in [1.82, 2.24) is 18.9 Å². The topological polar surface area (TPSA) is 69.3 Å². The molecule has 164 valence electrons. The molecule has 3 heterocycles. The summed E-state index contributed by atoms with van der Waals surface area (Å²) < 4.78 is 3.25. The third kappa shape index (κ3) is 4.19. The van der Waals surface area contributed by atoms with Crippen molar-refractivity contribution in [2.45, 2.75) is 31.3 Å². The fourth-order valence-electron chi connectivity index (χ4n) is 3.79. The predicted molar refractivity (Wildman–Crippen MR) is 132 cm³/mol. The predicted octanol–water partition coefficient (Wildman–Crippen LogP) is 4.36. The van der Waals surface area contributed by atoms with Gasteiger partial charge in [0.15, 0.2) is 5.16 Å². The Bertz CT molecular complexity index is 1600. The van der Waals surface area contributed by atoms with Crippen LogP contribution in [0.5, 0.6) is 0 Å². The van der Waals surface area contributed by atoms with Gasteiger partial charge in [0.05, 0.1) is 23.1 Å². The maximum Gasteiger partial charge on any atom is 0.262 e. The minimum atomic E-state index is -0.122. The van der Waals surface area contributed by atoms with Crippen molar-refractivity contribution < 1.29 is 0 Å². The molecule has 0 atom stereocenters. The second kappa shape index (κ2) is 8.67. The van der Waals surface area contributed by atoms with E-state index >= 15 is 0 Å². The van der Waals surface area contributed by atoms with E-state index < -0.39 is 0 Å². The Morgan fingerprint density at radius 2 is 1.70 bits per heavy atom. The van der Waals surface area contributed by atoms with E-state index in [1.807, 2.05) is 68.4 Å². The largest absolute Gasteiger partial charge is 0.283 e. The van der Waals surface area contributed by atoms with Crippen LogP contribution < -0.4 is 11.1 Å². The maximum atomic E-state index is 13.3. The van der Waals surface area contributed by atoms with Gasteiger partial charge in [0.25, 0.3) is 11.1 Å². The summed E-state index contributed by atoms with van der Waals surface area (Å²) in [6.45, 7) is 4.39. The summed E-state index contributed by atoms with van der Waals surface area (Å²) in [5, 5.41) is 1.19. The highest BCUT2D eigenvalue weighted by Crippen LogP contribution is 2.22. The van der Waals surface area contributed by atoms with E-state index in [2.05, 4.69) is 4.98 Å². The zero-order chi connectivity index (χ0) is 22.9. The summed E-state index contributed by atoms with van der Waals surface area (Å²) in [5.41, 5.74) is 4.89. The van der Waals surface area contributed by atoms with Crippen LogP contribution in [-0.2, 0) is 12.3 Å². The number of aryl methyl sites for hydroxylation is 2. The number of para-hydroxylation sites is 1. The molecule has 0 radical (unpaired) electrons. The summed E-state index contributed by atoms with van der Waals surface area (Å²) in [5.74, 6) is 0.429. The lowest BCUT2D eigenvalue weighted by atomic mass is 10.1. The minimum absolute atomic E-state index is 0.0777. The summed E-state index contributed by atoms with van der Waals surface area (Å²) >= 11 is 1.42. The highest BCUT2D eigenvalue weighted by molar-refractivity contribution is 7.98. The molecule has 0 saturated heterocycles. The first-order valence-electron chi connectivity index (χ1n) is 10.7. The van der Waals surface area contributed by atoms with Gasteiger partial charge in [-0.2, -0.15) is 0 Å². The highest BCUT2D eigenvalue weighted by atomic mass is 32.2. The molecule has 0 bridgehead atoms. The van der Waals surface area contributed by atoms with Crippen LogP contribution in [0, 0.1) is 13.8 Å². The SMILES string of the molecule is Cc1ccc(Cn2c(SCc3cc(=O)n4cccc(C)c4n3)nc3ccccc3c2=O)cc1. The molecule has 2 aromatic carbocycles. The van der Waals surface area contributed by atoms with Crippen LogP contribution in [0.4, 0.5) is 0 Å². The van der Waals surface area contributed by atoms with Gasteiger partial charge in [-0.15, -0.1) is 0 Å². The van der Waals surface area contributed by atoms with Crippen LogP contribution >= 0.6 is 11.8 Å². The third-order valence-electron chi connectivity index (χ3n) is 5.58. The fourth-order valence-corrected chi connectivity index (χ4v) is 4.69. The normalized spacial score (nSPS) is 11.3. The van der Waals surface area contributed by atoms with E-state index in [-0.39, 0.29) is 11.1 Å². The van der Waals surface area contributed by atoms with Gasteiger partial charge in [-0.25, -0.2) is 9.97 Å². The van der Waals surface area contributed by atoms with Crippen LogP contribution in [-0.4, -0.2) is 18.9 Å². The summed E-state index contributed by atoms with van der Waals surface area (Å²) in [7, 11) is 0. The zero-order valence-electron chi connectivity index (χ0n) is 18.4. The monoisotopic (exact) mass is 454 g/mol. The lowest BCUT2D eigenvalue weighted by molar-refractivity contribution is 0.658. The first-order chi connectivity index (χ1) is 16.0. The number of fused-ring (bicyclic) bond motifs is 2. The molecule has 0 unspecified atom stereocenters. The van der Waals surface area contributed by atoms with Crippen molar-refractivity contribution in [3.05, 3.63) is 116 Å². The Kier molecular flexibility index (Phi) is 5.56. The van der Waals surface area contributed by atoms with E-state index in [0.717, 1.165) is 11.1 Å². The number of rotatable bonds is 5. The van der Waals surface area contributed by atoms with Crippen LogP contribution in [0.2, 0.25) is 0 Å². The molecule has 33 heavy (non-hydrogen) atoms. The molecule has 5 rings (SSSR count). The average Bonchev–Trinajstić information content (AvgIpc) is 2.82. The second-order valence-corrected chi connectivity index (χ2v) is 8.99. The van der Waals surface area contributed by atoms with Gasteiger partial charge in [-0.3, -0.25) is 18.6 Å². The Morgan fingerprint density at radius 3 is 2.52 bits per heavy atom. The van der Waals surface area contributed by atoms with E-state index in [1.165, 1.54) is 17.3 Å². The molecular weight excluding hydrogens is 432 g/mol. The molecule has 0 saturated carbocycles. The van der Waals surface area contributed by atoms with E-state index in [1.54, 1.807) is 27.3 Å². The van der Waals surface area contributed by atoms with Crippen molar-refractivity contribution in [1.29, 1.82) is 0 Å². The minimum Gasteiger partial charge on any atom is -0.283 e. The Morgan fingerprint density at radius 1 is 0.909 bits per heavy atom. The van der Waals surface area contributed by atoms with Crippen molar-refractivity contribution in [3.8, 4) is 0 Å². The molecular formula is C26H22N4O2S. The molecule has 0 N–H and O–H groups in total. The molecule has 0 amide bonds. The average molecular weight is 455 g/mol. The van der Waals surface area contributed by atoms with E-state index in [0.29, 0.717) is 39.7 Å². The number of pyridine rings is 1. The number of thioether (sulfide) groups is 1. The number of hydrogen-bond donors (Lipinski definition) is 0. The van der Waals surface area contributed by atoms with Crippen molar-refractivity contribution in [3.63, 3.8) is 0 Å². The molecule has 0 aliphatic heterocycles. The lowest BCUT2D eigenvalue weighted by Crippen LogP contribution is -2.24. The quantitative estimate of drug-likeness (QED) is 0.292. The van der Waals surface area contributed by atoms with Gasteiger partial charge >= 0.3 is 0 Å². The third-order valence-corrected chi connectivity index (χ3v) is 6.59. The summed E-state index contributed by atoms with van der Waals surface area (Å²) in [4.78, 5) is 35.4. The molecule has 5 aromatic rings. The molecule has 0 aliphatic carbocycles. The van der Waals surface area contributed by atoms with Gasteiger partial charge in [-0.1, -0.05) is 59.8 Å². The summed E-state index contributed by atoms with van der Waals surface area (Å²) in [6, 6.07) is 20.8. The first-order valence-corrected chi connectivity index (χ1v) is 11.6. The Balaban J connectivity index is 1.55. The van der Waals surface area contributed by atoms with Crippen molar-refractivity contribution in [2.75, 3.05) is 0 Å². The van der Waals surface area contributed by atoms with Gasteiger partial charge in [0, 0.05) is 18.0 Å². The molecule has 0 aliphatic rings. The van der Waals surface area contributed by atoms with Crippen molar-refractivity contribution in [2.24, 2.45) is 0 Å². The van der Waals surface area contributed by atoms with Crippen LogP contribution in [0.25, 0.3) is 16.6 Å². The lowest BCUT2D eigenvalue weighted by Gasteiger charge is -2.13. The number of aromatic nitrogens is 4. The van der Waals surface area contributed by atoms with Gasteiger partial charge in [0.1, 0.15) is 5.65 Å². The van der Waals surface area contributed by atoms with Crippen LogP contribution in [0.15, 0.2) is 87.7 Å². The molecule has 3 aromatic heterocycles. The second-order valence-electron chi connectivity index (χ2n) is 8.05. The van der Waals surface area contributed by atoms with Gasteiger partial charge < -0.3 is 0 Å². The van der Waals surface area contributed by atoms with Crippen LogP contribution in [0.3, 0.4) is 0 Å². The van der Waals surface area contributed by atoms with Crippen LogP contribution in [0.1, 0.15) is 22.4 Å². The zero-order valence-corrected chi connectivity index (χ0v) is 19.2. The number of nitrogens with zero attached hydrogens (tertiary/aromatic N) is 4. The number of hydrogen-bond acceptors (Lipinski definition) is 5. The Hall–Kier alpha value is -3.71. The first kappa shape index (κ1) is 21.2. The van der Waals surface area contributed by atoms with E-state index in [9.17, 15) is 9.59 Å². The molecule has 0 fully saturated rings. The Labute approximate surface area is 194 Å². The summed E-state index contributed by atoms with van der Waals surface area (Å²) in [6.07, 6.45) is 1.72. The maximum absolute atomic E-state index is 13.3. The molecule has 6 nitrogen and oxygen atoms in total. The van der Waals surface area contributed by atoms with Crippen molar-refractivity contribution >= 4 is 28.3 Å². The number of benzene rings is 2.